The Morgan fingerprint density at radius 3 is 2.84 bits per heavy atom. The van der Waals surface area contributed by atoms with Crippen LogP contribution in [-0.2, 0) is 9.57 Å². The first kappa shape index (κ1) is 14.6. The molecule has 5 nitrogen and oxygen atoms in total. The van der Waals surface area contributed by atoms with Gasteiger partial charge in [-0.15, -0.1) is 0 Å². The monoisotopic (exact) mass is 332 g/mol. The third kappa shape index (κ3) is 4.09. The number of hydrogen-bond acceptors (Lipinski definition) is 4. The first-order valence-corrected chi connectivity index (χ1v) is 7.50. The first-order chi connectivity index (χ1) is 8.85. The fourth-order valence-corrected chi connectivity index (χ4v) is 2.83. The van der Waals surface area contributed by atoms with E-state index in [9.17, 15) is 4.79 Å². The van der Waals surface area contributed by atoms with Gasteiger partial charge in [0.2, 0.25) is 0 Å². The molecule has 19 heavy (non-hydrogen) atoms. The molecule has 0 aromatic heterocycles. The zero-order valence-corrected chi connectivity index (χ0v) is 13.3. The Morgan fingerprint density at radius 2 is 2.26 bits per heavy atom. The second kappa shape index (κ2) is 5.69. The second-order valence-corrected chi connectivity index (χ2v) is 7.06. The summed E-state index contributed by atoms with van der Waals surface area (Å²) >= 11 is 3.35. The van der Waals surface area contributed by atoms with E-state index in [1.807, 2.05) is 20.8 Å². The van der Waals surface area contributed by atoms with E-state index in [1.165, 1.54) is 0 Å². The zero-order valence-electron chi connectivity index (χ0n) is 11.7. The van der Waals surface area contributed by atoms with Crippen molar-refractivity contribution in [1.82, 2.24) is 4.90 Å². The molecule has 1 saturated heterocycles. The fourth-order valence-electron chi connectivity index (χ4n) is 2.42. The molecule has 2 rings (SSSR count). The highest BCUT2D eigenvalue weighted by molar-refractivity contribution is 9.18. The molecule has 0 aromatic rings. The molecule has 0 spiro atoms. The summed E-state index contributed by atoms with van der Waals surface area (Å²) in [5, 5.41) is 3.92. The number of halogens is 1. The van der Waals surface area contributed by atoms with E-state index in [2.05, 4.69) is 21.1 Å². The first-order valence-electron chi connectivity index (χ1n) is 6.71. The van der Waals surface area contributed by atoms with Crippen molar-refractivity contribution in [2.24, 2.45) is 11.1 Å². The normalized spacial score (nSPS) is 27.8. The number of carbonyl (C=O) groups is 1. The van der Waals surface area contributed by atoms with Crippen molar-refractivity contribution in [3.63, 3.8) is 0 Å². The minimum atomic E-state index is -0.444. The summed E-state index contributed by atoms with van der Waals surface area (Å²) < 4.78 is 6.27. The topological polar surface area (TPSA) is 51.1 Å². The SMILES string of the molecule is CC(C)(C)OC(=O)N1CCC[C@H]([C@@H]2CC(Br)=NO2)C1. The van der Waals surface area contributed by atoms with Gasteiger partial charge in [-0.3, -0.25) is 0 Å². The predicted octanol–water partition coefficient (Wildman–Crippen LogP) is 3.13. The Bertz CT molecular complexity index is 379. The number of carbonyl (C=O) groups excluding carboxylic acids is 1. The van der Waals surface area contributed by atoms with Gasteiger partial charge in [0.15, 0.2) is 0 Å². The Morgan fingerprint density at radius 1 is 1.53 bits per heavy atom. The Kier molecular flexibility index (Phi) is 4.38. The van der Waals surface area contributed by atoms with E-state index in [1.54, 1.807) is 4.90 Å². The summed E-state index contributed by atoms with van der Waals surface area (Å²) in [4.78, 5) is 19.2. The van der Waals surface area contributed by atoms with Crippen molar-refractivity contribution in [2.75, 3.05) is 13.1 Å². The van der Waals surface area contributed by atoms with Gasteiger partial charge in [0, 0.05) is 25.4 Å². The van der Waals surface area contributed by atoms with Crippen molar-refractivity contribution in [3.8, 4) is 0 Å². The van der Waals surface area contributed by atoms with Crippen molar-refractivity contribution >= 4 is 26.6 Å². The number of nitrogens with zero attached hydrogens (tertiary/aromatic N) is 2. The molecular formula is C13H21BrN2O3. The molecule has 0 aromatic carbocycles. The molecule has 0 bridgehead atoms. The van der Waals surface area contributed by atoms with Crippen LogP contribution in [0, 0.1) is 5.92 Å². The molecule has 1 fully saturated rings. The van der Waals surface area contributed by atoms with Gasteiger partial charge in [-0.05, 0) is 49.5 Å². The van der Waals surface area contributed by atoms with Gasteiger partial charge in [-0.1, -0.05) is 5.16 Å². The molecule has 2 aliphatic rings. The minimum Gasteiger partial charge on any atom is -0.444 e. The molecule has 2 atom stereocenters. The lowest BCUT2D eigenvalue weighted by Gasteiger charge is -2.35. The van der Waals surface area contributed by atoms with Crippen molar-refractivity contribution in [2.45, 2.75) is 51.7 Å². The van der Waals surface area contributed by atoms with Crippen LogP contribution in [0.25, 0.3) is 0 Å². The minimum absolute atomic E-state index is 0.0830. The maximum atomic E-state index is 12.1. The maximum absolute atomic E-state index is 12.1. The van der Waals surface area contributed by atoms with Gasteiger partial charge in [-0.25, -0.2) is 4.79 Å². The summed E-state index contributed by atoms with van der Waals surface area (Å²) in [7, 11) is 0. The summed E-state index contributed by atoms with van der Waals surface area (Å²) in [6.07, 6.45) is 2.71. The molecule has 0 N–H and O–H groups in total. The smallest absolute Gasteiger partial charge is 0.410 e. The van der Waals surface area contributed by atoms with E-state index in [0.29, 0.717) is 12.5 Å². The van der Waals surface area contributed by atoms with Crippen LogP contribution in [-0.4, -0.2) is 40.4 Å². The molecule has 0 radical (unpaired) electrons. The van der Waals surface area contributed by atoms with E-state index in [4.69, 9.17) is 9.57 Å². The Labute approximate surface area is 122 Å². The van der Waals surface area contributed by atoms with Crippen molar-refractivity contribution < 1.29 is 14.4 Å². The highest BCUT2D eigenvalue weighted by Crippen LogP contribution is 2.29. The van der Waals surface area contributed by atoms with Crippen molar-refractivity contribution in [1.29, 1.82) is 0 Å². The molecule has 108 valence electrons. The van der Waals surface area contributed by atoms with Crippen LogP contribution in [0.1, 0.15) is 40.0 Å². The number of ether oxygens (including phenoxy) is 1. The van der Waals surface area contributed by atoms with Crippen LogP contribution in [0.2, 0.25) is 0 Å². The fraction of sp³-hybridized carbons (Fsp3) is 0.846. The van der Waals surface area contributed by atoms with Crippen LogP contribution >= 0.6 is 15.9 Å². The van der Waals surface area contributed by atoms with Gasteiger partial charge in [0.25, 0.3) is 0 Å². The summed E-state index contributed by atoms with van der Waals surface area (Å²) in [6, 6.07) is 0. The molecule has 1 amide bonds. The lowest BCUT2D eigenvalue weighted by atomic mass is 9.91. The zero-order chi connectivity index (χ0) is 14.0. The second-order valence-electron chi connectivity index (χ2n) is 6.14. The van der Waals surface area contributed by atoms with Crippen LogP contribution in [0.5, 0.6) is 0 Å². The summed E-state index contributed by atoms with van der Waals surface area (Å²) in [5.74, 6) is 0.333. The van der Waals surface area contributed by atoms with Crippen LogP contribution in [0.15, 0.2) is 5.16 Å². The summed E-state index contributed by atoms with van der Waals surface area (Å²) in [6.45, 7) is 7.11. The van der Waals surface area contributed by atoms with Gasteiger partial charge >= 0.3 is 6.09 Å². The molecular weight excluding hydrogens is 312 g/mol. The molecule has 2 aliphatic heterocycles. The summed E-state index contributed by atoms with van der Waals surface area (Å²) in [5.41, 5.74) is -0.444. The highest BCUT2D eigenvalue weighted by Gasteiger charge is 2.35. The standard InChI is InChI=1S/C13H21BrN2O3/c1-13(2,3)18-12(17)16-6-4-5-9(8-16)10-7-11(14)15-19-10/h9-10H,4-8H2,1-3H3/t9-,10-/m0/s1. The Balaban J connectivity index is 1.88. The number of hydrogen-bond donors (Lipinski definition) is 0. The lowest BCUT2D eigenvalue weighted by molar-refractivity contribution is -0.0108. The van der Waals surface area contributed by atoms with Crippen LogP contribution in [0.4, 0.5) is 4.79 Å². The van der Waals surface area contributed by atoms with Crippen molar-refractivity contribution in [3.05, 3.63) is 0 Å². The van der Waals surface area contributed by atoms with Gasteiger partial charge in [0.05, 0.1) is 0 Å². The number of likely N-dealkylation sites (tertiary alicyclic amines) is 1. The number of oxime groups is 1. The third-order valence-corrected chi connectivity index (χ3v) is 3.76. The quantitative estimate of drug-likeness (QED) is 0.741. The van der Waals surface area contributed by atoms with Gasteiger partial charge < -0.3 is 14.5 Å². The highest BCUT2D eigenvalue weighted by atomic mass is 79.9. The van der Waals surface area contributed by atoms with E-state index in [0.717, 1.165) is 30.4 Å². The number of rotatable bonds is 1. The van der Waals surface area contributed by atoms with E-state index >= 15 is 0 Å². The molecule has 0 unspecified atom stereocenters. The van der Waals surface area contributed by atoms with Crippen LogP contribution < -0.4 is 0 Å². The predicted molar refractivity (Wildman–Crippen MR) is 76.4 cm³/mol. The Hall–Kier alpha value is -0.780. The average Bonchev–Trinajstić information content (AvgIpc) is 2.74. The molecule has 0 aliphatic carbocycles. The van der Waals surface area contributed by atoms with E-state index in [-0.39, 0.29) is 12.2 Å². The largest absolute Gasteiger partial charge is 0.444 e. The molecule has 0 saturated carbocycles. The average molecular weight is 333 g/mol. The molecule has 2 heterocycles. The maximum Gasteiger partial charge on any atom is 0.410 e. The molecule has 6 heteroatoms. The number of amides is 1. The van der Waals surface area contributed by atoms with E-state index < -0.39 is 5.60 Å². The third-order valence-electron chi connectivity index (χ3n) is 3.29. The van der Waals surface area contributed by atoms with Gasteiger partial charge in [-0.2, -0.15) is 0 Å². The lowest BCUT2D eigenvalue weighted by Crippen LogP contribution is -2.45. The van der Waals surface area contributed by atoms with Gasteiger partial charge in [0.1, 0.15) is 16.3 Å². The van der Waals surface area contributed by atoms with Crippen LogP contribution in [0.3, 0.4) is 0 Å². The number of piperidine rings is 1.